The maximum Gasteiger partial charge on any atom is 0.315 e. The Hall–Kier alpha value is 0.310. The van der Waals surface area contributed by atoms with E-state index in [0.29, 0.717) is 5.25 Å². The van der Waals surface area contributed by atoms with Crippen LogP contribution in [0.15, 0.2) is 0 Å². The summed E-state index contributed by atoms with van der Waals surface area (Å²) in [5, 5.41) is 6.12. The minimum atomic E-state index is -0.0487. The van der Waals surface area contributed by atoms with Gasteiger partial charge in [0.15, 0.2) is 0 Å². The third kappa shape index (κ3) is 1.39. The van der Waals surface area contributed by atoms with Gasteiger partial charge in [-0.15, -0.1) is 0 Å². The normalized spacial score (nSPS) is 41.8. The SMILES string of the molecule is NC(I)[C@@H]1SC[C@@H]2NC(=O)N[C@@H]21. The minimum Gasteiger partial charge on any atom is -0.332 e. The zero-order valence-electron chi connectivity index (χ0n) is 6.29. The molecule has 0 spiro atoms. The molecule has 4 N–H and O–H groups in total. The lowest BCUT2D eigenvalue weighted by atomic mass is 10.1. The fourth-order valence-electron chi connectivity index (χ4n) is 1.62. The predicted molar refractivity (Wildman–Crippen MR) is 57.5 cm³/mol. The summed E-state index contributed by atoms with van der Waals surface area (Å²) in [5.41, 5.74) is 5.79. The first-order chi connectivity index (χ1) is 5.68. The van der Waals surface area contributed by atoms with E-state index in [1.807, 2.05) is 11.8 Å². The zero-order chi connectivity index (χ0) is 8.72. The van der Waals surface area contributed by atoms with E-state index in [0.717, 1.165) is 5.75 Å². The summed E-state index contributed by atoms with van der Waals surface area (Å²) in [6, 6.07) is 0.468. The van der Waals surface area contributed by atoms with Crippen molar-refractivity contribution in [3.8, 4) is 0 Å². The molecule has 1 unspecified atom stereocenters. The summed E-state index contributed by atoms with van der Waals surface area (Å²) in [7, 11) is 0. The maximum absolute atomic E-state index is 11.0. The van der Waals surface area contributed by atoms with Gasteiger partial charge in [0.05, 0.1) is 21.4 Å². The summed E-state index contributed by atoms with van der Waals surface area (Å²) >= 11 is 4.04. The second-order valence-corrected chi connectivity index (χ2v) is 5.64. The Morgan fingerprint density at radius 2 is 2.42 bits per heavy atom. The van der Waals surface area contributed by atoms with Crippen molar-refractivity contribution >= 4 is 40.4 Å². The van der Waals surface area contributed by atoms with E-state index in [2.05, 4.69) is 33.2 Å². The number of thioether (sulfide) groups is 1. The van der Waals surface area contributed by atoms with Crippen LogP contribution in [0.1, 0.15) is 0 Å². The number of alkyl halides is 1. The zero-order valence-corrected chi connectivity index (χ0v) is 9.26. The van der Waals surface area contributed by atoms with Crippen LogP contribution in [0, 0.1) is 0 Å². The number of urea groups is 1. The highest BCUT2D eigenvalue weighted by Crippen LogP contribution is 2.32. The molecule has 4 atom stereocenters. The van der Waals surface area contributed by atoms with Crippen molar-refractivity contribution in [3.05, 3.63) is 0 Å². The second-order valence-electron chi connectivity index (χ2n) is 2.99. The van der Waals surface area contributed by atoms with Gasteiger partial charge in [-0.1, -0.05) is 22.6 Å². The molecule has 12 heavy (non-hydrogen) atoms. The standard InChI is InChI=1S/C6H10IN3OS/c7-5(8)4-3-2(1-12-4)9-6(11)10-3/h2-5H,1,8H2,(H2,9,10,11)/t2-,3-,4+,5?/m0/s1. The third-order valence-electron chi connectivity index (χ3n) is 2.18. The lowest BCUT2D eigenvalue weighted by Crippen LogP contribution is -2.43. The van der Waals surface area contributed by atoms with Crippen LogP contribution in [0.2, 0.25) is 0 Å². The van der Waals surface area contributed by atoms with Crippen molar-refractivity contribution in [1.82, 2.24) is 10.6 Å². The summed E-state index contributed by atoms with van der Waals surface area (Å²) in [6.07, 6.45) is 0. The van der Waals surface area contributed by atoms with E-state index in [9.17, 15) is 4.79 Å². The molecule has 6 heteroatoms. The van der Waals surface area contributed by atoms with Crippen LogP contribution >= 0.6 is 34.4 Å². The summed E-state index contributed by atoms with van der Waals surface area (Å²) in [4.78, 5) is 11.0. The molecule has 2 aliphatic rings. The van der Waals surface area contributed by atoms with Gasteiger partial charge >= 0.3 is 6.03 Å². The molecule has 2 saturated heterocycles. The van der Waals surface area contributed by atoms with Crippen molar-refractivity contribution in [1.29, 1.82) is 0 Å². The van der Waals surface area contributed by atoms with Crippen molar-refractivity contribution in [2.24, 2.45) is 5.73 Å². The van der Waals surface area contributed by atoms with Gasteiger partial charge in [0.1, 0.15) is 0 Å². The Balaban J connectivity index is 2.08. The monoisotopic (exact) mass is 299 g/mol. The number of carbonyl (C=O) groups is 1. The van der Waals surface area contributed by atoms with Crippen LogP contribution in [0.3, 0.4) is 0 Å². The van der Waals surface area contributed by atoms with Gasteiger partial charge in [-0.05, 0) is 0 Å². The maximum atomic E-state index is 11.0. The Kier molecular flexibility index (Phi) is 2.39. The van der Waals surface area contributed by atoms with E-state index in [1.54, 1.807) is 0 Å². The molecule has 2 fully saturated rings. The number of nitrogens with one attached hydrogen (secondary N) is 2. The highest BCUT2D eigenvalue weighted by molar-refractivity contribution is 14.1. The number of hydrogen-bond donors (Lipinski definition) is 3. The van der Waals surface area contributed by atoms with Crippen LogP contribution in [0.5, 0.6) is 0 Å². The Morgan fingerprint density at radius 3 is 3.08 bits per heavy atom. The van der Waals surface area contributed by atoms with E-state index >= 15 is 0 Å². The molecule has 0 aromatic heterocycles. The van der Waals surface area contributed by atoms with Gasteiger partial charge in [0, 0.05) is 5.75 Å². The molecule has 0 aromatic rings. The molecular weight excluding hydrogens is 289 g/mol. The van der Waals surface area contributed by atoms with Crippen molar-refractivity contribution in [3.63, 3.8) is 0 Å². The van der Waals surface area contributed by atoms with E-state index < -0.39 is 0 Å². The summed E-state index contributed by atoms with van der Waals surface area (Å²) in [5.74, 6) is 0.977. The van der Waals surface area contributed by atoms with Crippen LogP contribution in [-0.2, 0) is 0 Å². The number of amides is 2. The fourth-order valence-corrected chi connectivity index (χ4v) is 4.06. The lowest BCUT2D eigenvalue weighted by Gasteiger charge is -2.18. The molecule has 0 saturated carbocycles. The predicted octanol–water partition coefficient (Wildman–Crippen LogP) is -0.128. The van der Waals surface area contributed by atoms with Crippen molar-refractivity contribution in [2.45, 2.75) is 21.4 Å². The highest BCUT2D eigenvalue weighted by atomic mass is 127. The topological polar surface area (TPSA) is 67.1 Å². The molecule has 2 amide bonds. The number of carbonyl (C=O) groups excluding carboxylic acids is 1. The average Bonchev–Trinajstić information content (AvgIpc) is 2.43. The van der Waals surface area contributed by atoms with Crippen molar-refractivity contribution in [2.75, 3.05) is 5.75 Å². The van der Waals surface area contributed by atoms with Crippen LogP contribution in [0.25, 0.3) is 0 Å². The number of fused-ring (bicyclic) bond motifs is 1. The van der Waals surface area contributed by atoms with Gasteiger partial charge in [0.25, 0.3) is 0 Å². The summed E-state index contributed by atoms with van der Waals surface area (Å²) in [6.45, 7) is 0. The van der Waals surface area contributed by atoms with E-state index in [-0.39, 0.29) is 22.2 Å². The van der Waals surface area contributed by atoms with E-state index in [4.69, 9.17) is 5.73 Å². The Labute approximate surface area is 88.5 Å². The van der Waals surface area contributed by atoms with E-state index in [1.165, 1.54) is 0 Å². The Bertz CT molecular complexity index is 213. The molecule has 2 heterocycles. The fraction of sp³-hybridized carbons (Fsp3) is 0.833. The summed E-state index contributed by atoms with van der Waals surface area (Å²) < 4.78 is 0.114. The van der Waals surface area contributed by atoms with Crippen LogP contribution < -0.4 is 16.4 Å². The van der Waals surface area contributed by atoms with Gasteiger partial charge in [-0.2, -0.15) is 11.8 Å². The number of hydrogen-bond acceptors (Lipinski definition) is 3. The molecule has 0 aliphatic carbocycles. The molecule has 2 rings (SSSR count). The van der Waals surface area contributed by atoms with Crippen molar-refractivity contribution < 1.29 is 4.79 Å². The molecule has 2 aliphatic heterocycles. The molecular formula is C6H10IN3OS. The van der Waals surface area contributed by atoms with Crippen LogP contribution in [-0.4, -0.2) is 33.2 Å². The van der Waals surface area contributed by atoms with Gasteiger partial charge in [-0.25, -0.2) is 4.79 Å². The molecule has 0 radical (unpaired) electrons. The van der Waals surface area contributed by atoms with Gasteiger partial charge in [0.2, 0.25) is 0 Å². The molecule has 68 valence electrons. The first kappa shape index (κ1) is 8.89. The quantitative estimate of drug-likeness (QED) is 0.273. The molecule has 0 bridgehead atoms. The van der Waals surface area contributed by atoms with Gasteiger partial charge in [-0.3, -0.25) is 0 Å². The molecule has 0 aromatic carbocycles. The molecule has 4 nitrogen and oxygen atoms in total. The largest absolute Gasteiger partial charge is 0.332 e. The number of rotatable bonds is 1. The van der Waals surface area contributed by atoms with Crippen LogP contribution in [0.4, 0.5) is 4.79 Å². The lowest BCUT2D eigenvalue weighted by molar-refractivity contribution is 0.247. The number of halogens is 1. The highest BCUT2D eigenvalue weighted by Gasteiger charge is 2.44. The second kappa shape index (κ2) is 3.22. The number of nitrogens with two attached hydrogens (primary N) is 1. The minimum absolute atomic E-state index is 0.0487. The average molecular weight is 299 g/mol. The first-order valence-electron chi connectivity index (χ1n) is 3.77. The van der Waals surface area contributed by atoms with Gasteiger partial charge < -0.3 is 16.4 Å². The third-order valence-corrected chi connectivity index (χ3v) is 4.97. The first-order valence-corrected chi connectivity index (χ1v) is 6.06. The smallest absolute Gasteiger partial charge is 0.315 e. The Morgan fingerprint density at radius 1 is 1.67 bits per heavy atom.